The number of hydrogen-bond donors (Lipinski definition) is 1. The molecule has 0 spiro atoms. The number of alkyl halides is 3. The minimum absolute atomic E-state index is 0.247. The van der Waals surface area contributed by atoms with Crippen LogP contribution in [0.1, 0.15) is 11.1 Å². The van der Waals surface area contributed by atoms with E-state index in [4.69, 9.17) is 0 Å². The van der Waals surface area contributed by atoms with E-state index < -0.39 is 26.7 Å². The number of rotatable bonds is 5. The van der Waals surface area contributed by atoms with E-state index in [0.29, 0.717) is 5.56 Å². The molecule has 24 heavy (non-hydrogen) atoms. The maximum Gasteiger partial charge on any atom is 0.416 e. The van der Waals surface area contributed by atoms with Gasteiger partial charge in [0.15, 0.2) is 0 Å². The third-order valence-corrected chi connectivity index (χ3v) is 4.49. The van der Waals surface area contributed by atoms with Gasteiger partial charge in [0, 0.05) is 18.7 Å². The van der Waals surface area contributed by atoms with Gasteiger partial charge in [-0.1, -0.05) is 18.2 Å². The average molecular weight is 360 g/mol. The fourth-order valence-corrected chi connectivity index (χ4v) is 2.89. The van der Waals surface area contributed by atoms with Crippen molar-refractivity contribution in [3.05, 3.63) is 69.8 Å². The zero-order valence-corrected chi connectivity index (χ0v) is 12.8. The third kappa shape index (κ3) is 4.30. The van der Waals surface area contributed by atoms with E-state index in [2.05, 4.69) is 4.72 Å². The minimum atomic E-state index is -4.47. The minimum Gasteiger partial charge on any atom is -0.258 e. The van der Waals surface area contributed by atoms with Crippen molar-refractivity contribution in [3.63, 3.8) is 0 Å². The lowest BCUT2D eigenvalue weighted by Gasteiger charge is -2.09. The SMILES string of the molecule is O=[N+]([O-])c1cccc(S(=O)(=O)NCc2ccc(C(F)(F)F)cc2)c1. The van der Waals surface area contributed by atoms with Gasteiger partial charge in [0.05, 0.1) is 15.4 Å². The van der Waals surface area contributed by atoms with Gasteiger partial charge in [-0.3, -0.25) is 10.1 Å². The first-order valence-electron chi connectivity index (χ1n) is 6.50. The molecule has 0 radical (unpaired) electrons. The fourth-order valence-electron chi connectivity index (χ4n) is 1.84. The van der Waals surface area contributed by atoms with Gasteiger partial charge in [-0.15, -0.1) is 0 Å². The van der Waals surface area contributed by atoms with Crippen LogP contribution in [0, 0.1) is 10.1 Å². The summed E-state index contributed by atoms with van der Waals surface area (Å²) in [6.07, 6.45) is -4.47. The summed E-state index contributed by atoms with van der Waals surface area (Å²) < 4.78 is 63.7. The highest BCUT2D eigenvalue weighted by molar-refractivity contribution is 7.89. The molecule has 1 N–H and O–H groups in total. The van der Waals surface area contributed by atoms with Crippen molar-refractivity contribution in [1.29, 1.82) is 0 Å². The standard InChI is InChI=1S/C14H11F3N2O4S/c15-14(16,17)11-6-4-10(5-7-11)9-18-24(22,23)13-3-1-2-12(8-13)19(20)21/h1-8,18H,9H2. The van der Waals surface area contributed by atoms with Gasteiger partial charge in [0.2, 0.25) is 10.0 Å². The van der Waals surface area contributed by atoms with Crippen molar-refractivity contribution >= 4 is 15.7 Å². The van der Waals surface area contributed by atoms with E-state index >= 15 is 0 Å². The van der Waals surface area contributed by atoms with Crippen LogP contribution >= 0.6 is 0 Å². The highest BCUT2D eigenvalue weighted by atomic mass is 32.2. The van der Waals surface area contributed by atoms with Gasteiger partial charge in [-0.25, -0.2) is 13.1 Å². The van der Waals surface area contributed by atoms with E-state index in [1.54, 1.807) is 0 Å². The smallest absolute Gasteiger partial charge is 0.258 e. The second-order valence-electron chi connectivity index (χ2n) is 4.77. The molecule has 6 nitrogen and oxygen atoms in total. The Morgan fingerprint density at radius 2 is 1.71 bits per heavy atom. The van der Waals surface area contributed by atoms with E-state index in [1.807, 2.05) is 0 Å². The molecular formula is C14H11F3N2O4S. The summed E-state index contributed by atoms with van der Waals surface area (Å²) in [7, 11) is -4.03. The lowest BCUT2D eigenvalue weighted by molar-refractivity contribution is -0.385. The quantitative estimate of drug-likeness (QED) is 0.655. The molecule has 0 fully saturated rings. The lowest BCUT2D eigenvalue weighted by atomic mass is 10.1. The molecule has 0 unspecified atom stereocenters. The Balaban J connectivity index is 2.13. The summed E-state index contributed by atoms with van der Waals surface area (Å²) in [5, 5.41) is 10.7. The molecule has 0 aliphatic rings. The molecule has 10 heteroatoms. The summed E-state index contributed by atoms with van der Waals surface area (Å²) in [6.45, 7) is -0.247. The second-order valence-corrected chi connectivity index (χ2v) is 6.54. The Morgan fingerprint density at radius 1 is 1.08 bits per heavy atom. The molecule has 0 saturated carbocycles. The molecule has 0 saturated heterocycles. The van der Waals surface area contributed by atoms with Gasteiger partial charge in [0.25, 0.3) is 5.69 Å². The molecule has 0 aromatic heterocycles. The van der Waals surface area contributed by atoms with Crippen LogP contribution in [0.5, 0.6) is 0 Å². The van der Waals surface area contributed by atoms with Gasteiger partial charge in [-0.2, -0.15) is 13.2 Å². The second kappa shape index (κ2) is 6.57. The van der Waals surface area contributed by atoms with Crippen molar-refractivity contribution in [3.8, 4) is 0 Å². The summed E-state index contributed by atoms with van der Waals surface area (Å²) in [4.78, 5) is 9.64. The van der Waals surface area contributed by atoms with Crippen LogP contribution in [0.15, 0.2) is 53.4 Å². The molecule has 0 aliphatic carbocycles. The van der Waals surface area contributed by atoms with E-state index in [-0.39, 0.29) is 17.1 Å². The summed E-state index contributed by atoms with van der Waals surface area (Å²) in [6, 6.07) is 8.45. The predicted octanol–water partition coefficient (Wildman–Crippen LogP) is 3.09. The Bertz CT molecular complexity index is 849. The highest BCUT2D eigenvalue weighted by Crippen LogP contribution is 2.29. The number of halogens is 3. The van der Waals surface area contributed by atoms with Crippen LogP contribution in [0.4, 0.5) is 18.9 Å². The molecule has 0 heterocycles. The molecule has 0 amide bonds. The predicted molar refractivity (Wildman–Crippen MR) is 78.6 cm³/mol. The molecule has 0 aliphatic heterocycles. The number of benzene rings is 2. The van der Waals surface area contributed by atoms with E-state index in [1.165, 1.54) is 12.1 Å². The number of sulfonamides is 1. The molecule has 2 rings (SSSR count). The number of hydrogen-bond acceptors (Lipinski definition) is 4. The van der Waals surface area contributed by atoms with Crippen LogP contribution in [0.2, 0.25) is 0 Å². The Kier molecular flexibility index (Phi) is 4.90. The molecular weight excluding hydrogens is 349 g/mol. The van der Waals surface area contributed by atoms with Crippen LogP contribution in [0.3, 0.4) is 0 Å². The number of nitro groups is 1. The van der Waals surface area contributed by atoms with Gasteiger partial charge >= 0.3 is 6.18 Å². The number of non-ortho nitro benzene ring substituents is 1. The van der Waals surface area contributed by atoms with Crippen LogP contribution in [-0.2, 0) is 22.7 Å². The third-order valence-electron chi connectivity index (χ3n) is 3.09. The topological polar surface area (TPSA) is 89.3 Å². The first-order chi connectivity index (χ1) is 11.1. The summed E-state index contributed by atoms with van der Waals surface area (Å²) in [5.41, 5.74) is -0.905. The van der Waals surface area contributed by atoms with Crippen LogP contribution < -0.4 is 4.72 Å². The van der Waals surface area contributed by atoms with E-state index in [0.717, 1.165) is 36.4 Å². The summed E-state index contributed by atoms with van der Waals surface area (Å²) in [5.74, 6) is 0. The first-order valence-corrected chi connectivity index (χ1v) is 7.98. The highest BCUT2D eigenvalue weighted by Gasteiger charge is 2.30. The Morgan fingerprint density at radius 3 is 2.25 bits per heavy atom. The van der Waals surface area contributed by atoms with E-state index in [9.17, 15) is 31.7 Å². The molecule has 2 aromatic carbocycles. The zero-order chi connectivity index (χ0) is 18.0. The van der Waals surface area contributed by atoms with Gasteiger partial charge in [0.1, 0.15) is 0 Å². The average Bonchev–Trinajstić information content (AvgIpc) is 2.53. The first kappa shape index (κ1) is 17.9. The molecule has 0 atom stereocenters. The van der Waals surface area contributed by atoms with Gasteiger partial charge in [-0.05, 0) is 23.8 Å². The number of nitro benzene ring substituents is 1. The van der Waals surface area contributed by atoms with Crippen molar-refractivity contribution < 1.29 is 26.5 Å². The largest absolute Gasteiger partial charge is 0.416 e. The maximum atomic E-state index is 12.5. The molecule has 0 bridgehead atoms. The monoisotopic (exact) mass is 360 g/mol. The number of nitrogens with one attached hydrogen (secondary N) is 1. The van der Waals surface area contributed by atoms with Crippen molar-refractivity contribution in [2.75, 3.05) is 0 Å². The van der Waals surface area contributed by atoms with Crippen molar-refractivity contribution in [2.45, 2.75) is 17.6 Å². The zero-order valence-electron chi connectivity index (χ0n) is 11.9. The van der Waals surface area contributed by atoms with Crippen molar-refractivity contribution in [1.82, 2.24) is 4.72 Å². The molecule has 2 aromatic rings. The Hall–Kier alpha value is -2.46. The van der Waals surface area contributed by atoms with Gasteiger partial charge < -0.3 is 0 Å². The van der Waals surface area contributed by atoms with Crippen LogP contribution in [0.25, 0.3) is 0 Å². The fraction of sp³-hybridized carbons (Fsp3) is 0.143. The Labute approximate surface area is 135 Å². The number of nitrogens with zero attached hydrogens (tertiary/aromatic N) is 1. The molecule has 128 valence electrons. The normalized spacial score (nSPS) is 12.1. The lowest BCUT2D eigenvalue weighted by Crippen LogP contribution is -2.23. The van der Waals surface area contributed by atoms with Crippen molar-refractivity contribution in [2.24, 2.45) is 0 Å². The maximum absolute atomic E-state index is 12.5. The summed E-state index contributed by atoms with van der Waals surface area (Å²) >= 11 is 0. The van der Waals surface area contributed by atoms with Crippen LogP contribution in [-0.4, -0.2) is 13.3 Å².